The van der Waals surface area contributed by atoms with Crippen LogP contribution >= 0.6 is 12.4 Å². The third-order valence-corrected chi connectivity index (χ3v) is 5.40. The number of methoxy groups -OCH3 is 1. The number of carbonyl (C=O) groups is 1. The van der Waals surface area contributed by atoms with Gasteiger partial charge in [-0.1, -0.05) is 12.8 Å². The summed E-state index contributed by atoms with van der Waals surface area (Å²) >= 11 is 0. The van der Waals surface area contributed by atoms with Gasteiger partial charge in [-0.05, 0) is 18.8 Å². The smallest absolute Gasteiger partial charge is 0.306 e. The van der Waals surface area contributed by atoms with Crippen LogP contribution in [0.1, 0.15) is 32.1 Å². The second-order valence-corrected chi connectivity index (χ2v) is 6.97. The van der Waals surface area contributed by atoms with Crippen LogP contribution in [0.5, 0.6) is 0 Å². The summed E-state index contributed by atoms with van der Waals surface area (Å²) in [5.41, 5.74) is 5.68. The Morgan fingerprint density at radius 2 is 2.00 bits per heavy atom. The van der Waals surface area contributed by atoms with Crippen molar-refractivity contribution in [3.05, 3.63) is 0 Å². The van der Waals surface area contributed by atoms with E-state index in [0.29, 0.717) is 5.92 Å². The van der Waals surface area contributed by atoms with Crippen molar-refractivity contribution in [3.63, 3.8) is 0 Å². The molecule has 1 atom stereocenters. The fourth-order valence-electron chi connectivity index (χ4n) is 2.45. The molecule has 0 aliphatic heterocycles. The molecule has 1 unspecified atom stereocenters. The first-order valence-electron chi connectivity index (χ1n) is 6.91. The maximum atomic E-state index is 12.2. The first-order valence-corrected chi connectivity index (χ1v) is 8.35. The predicted octanol–water partition coefficient (Wildman–Crippen LogP) is 0.255. The molecule has 7 nitrogen and oxygen atoms in total. The predicted molar refractivity (Wildman–Crippen MR) is 83.4 cm³/mol. The summed E-state index contributed by atoms with van der Waals surface area (Å²) in [7, 11) is -0.902. The highest BCUT2D eigenvalue weighted by Crippen LogP contribution is 2.27. The number of nitrogens with one attached hydrogen (secondary N) is 1. The van der Waals surface area contributed by atoms with Crippen molar-refractivity contribution in [1.82, 2.24) is 9.03 Å². The van der Waals surface area contributed by atoms with E-state index in [9.17, 15) is 13.2 Å². The Labute approximate surface area is 133 Å². The molecule has 1 rings (SSSR count). The molecule has 1 aliphatic carbocycles. The van der Waals surface area contributed by atoms with Gasteiger partial charge in [0.2, 0.25) is 0 Å². The minimum atomic E-state index is -3.62. The topological polar surface area (TPSA) is 102 Å². The minimum absolute atomic E-state index is 0. The molecule has 126 valence electrons. The number of ether oxygens (including phenoxy) is 1. The quantitative estimate of drug-likeness (QED) is 0.615. The van der Waals surface area contributed by atoms with Crippen molar-refractivity contribution >= 4 is 28.6 Å². The van der Waals surface area contributed by atoms with E-state index in [1.807, 2.05) is 0 Å². The summed E-state index contributed by atoms with van der Waals surface area (Å²) in [5, 5.41) is 0. The van der Waals surface area contributed by atoms with Gasteiger partial charge in [0.1, 0.15) is 0 Å². The van der Waals surface area contributed by atoms with E-state index in [-0.39, 0.29) is 38.0 Å². The van der Waals surface area contributed by atoms with Gasteiger partial charge >= 0.3 is 5.97 Å². The number of rotatable bonds is 8. The molecular weight excluding hydrogens is 318 g/mol. The van der Waals surface area contributed by atoms with E-state index in [4.69, 9.17) is 5.73 Å². The summed E-state index contributed by atoms with van der Waals surface area (Å²) in [5.74, 6) is -0.123. The summed E-state index contributed by atoms with van der Waals surface area (Å²) < 4.78 is 32.6. The van der Waals surface area contributed by atoms with Crippen LogP contribution in [-0.4, -0.2) is 52.0 Å². The first-order chi connectivity index (χ1) is 9.40. The lowest BCUT2D eigenvalue weighted by atomic mass is 9.99. The van der Waals surface area contributed by atoms with E-state index >= 15 is 0 Å². The number of halogens is 1. The maximum Gasteiger partial charge on any atom is 0.306 e. The molecule has 1 aliphatic rings. The average Bonchev–Trinajstić information content (AvgIpc) is 2.95. The van der Waals surface area contributed by atoms with Crippen molar-refractivity contribution in [2.45, 2.75) is 38.1 Å². The van der Waals surface area contributed by atoms with Crippen LogP contribution in [0.2, 0.25) is 0 Å². The van der Waals surface area contributed by atoms with Crippen molar-refractivity contribution in [2.75, 3.05) is 27.2 Å². The number of hydrogen-bond donors (Lipinski definition) is 2. The molecular formula is C12H26ClN3O4S. The van der Waals surface area contributed by atoms with Gasteiger partial charge in [-0.3, -0.25) is 4.79 Å². The zero-order valence-electron chi connectivity index (χ0n) is 12.6. The highest BCUT2D eigenvalue weighted by atomic mass is 35.5. The van der Waals surface area contributed by atoms with Gasteiger partial charge in [-0.2, -0.15) is 17.4 Å². The van der Waals surface area contributed by atoms with Crippen molar-refractivity contribution in [2.24, 2.45) is 11.7 Å². The Morgan fingerprint density at radius 1 is 1.43 bits per heavy atom. The molecule has 3 N–H and O–H groups in total. The van der Waals surface area contributed by atoms with Gasteiger partial charge in [-0.25, -0.2) is 0 Å². The Balaban J connectivity index is 0.00000400. The third-order valence-electron chi connectivity index (χ3n) is 3.79. The zero-order chi connectivity index (χ0) is 15.2. The van der Waals surface area contributed by atoms with Gasteiger partial charge < -0.3 is 10.5 Å². The first kappa shape index (κ1) is 20.6. The normalized spacial score (nSPS) is 17.5. The molecule has 0 heterocycles. The van der Waals surface area contributed by atoms with E-state index in [1.54, 1.807) is 0 Å². The van der Waals surface area contributed by atoms with Gasteiger partial charge in [0.05, 0.1) is 13.5 Å². The summed E-state index contributed by atoms with van der Waals surface area (Å²) in [4.78, 5) is 11.0. The maximum absolute atomic E-state index is 12.2. The zero-order valence-corrected chi connectivity index (χ0v) is 14.2. The largest absolute Gasteiger partial charge is 0.469 e. The molecule has 0 spiro atoms. The molecule has 9 heteroatoms. The average molecular weight is 344 g/mol. The lowest BCUT2D eigenvalue weighted by molar-refractivity contribution is -0.140. The molecule has 0 saturated heterocycles. The molecule has 1 saturated carbocycles. The lowest BCUT2D eigenvalue weighted by Gasteiger charge is -2.26. The monoisotopic (exact) mass is 343 g/mol. The molecule has 1 fully saturated rings. The minimum Gasteiger partial charge on any atom is -0.469 e. The van der Waals surface area contributed by atoms with Gasteiger partial charge in [0, 0.05) is 26.2 Å². The van der Waals surface area contributed by atoms with Gasteiger partial charge in [0.25, 0.3) is 10.2 Å². The Bertz CT molecular complexity index is 413. The molecule has 0 aromatic heterocycles. The van der Waals surface area contributed by atoms with E-state index < -0.39 is 16.2 Å². The van der Waals surface area contributed by atoms with Crippen LogP contribution in [0.4, 0.5) is 0 Å². The van der Waals surface area contributed by atoms with E-state index in [1.165, 1.54) is 14.2 Å². The SMILES string of the molecule is COC(=O)CCN(C)S(=O)(=O)NC(CN)C1CCCC1.Cl. The van der Waals surface area contributed by atoms with Gasteiger partial charge in [-0.15, -0.1) is 12.4 Å². The molecule has 0 aromatic carbocycles. The van der Waals surface area contributed by atoms with Crippen LogP contribution in [0, 0.1) is 5.92 Å². The van der Waals surface area contributed by atoms with E-state index in [0.717, 1.165) is 30.0 Å². The number of nitrogens with two attached hydrogens (primary N) is 1. The van der Waals surface area contributed by atoms with Crippen LogP contribution in [-0.2, 0) is 19.7 Å². The van der Waals surface area contributed by atoms with E-state index in [2.05, 4.69) is 9.46 Å². The standard InChI is InChI=1S/C12H25N3O4S.ClH/c1-15(8-7-12(16)19-2)20(17,18)14-11(9-13)10-5-3-4-6-10;/h10-11,14H,3-9,13H2,1-2H3;1H. The fraction of sp³-hybridized carbons (Fsp3) is 0.917. The molecule has 0 bridgehead atoms. The second-order valence-electron chi connectivity index (χ2n) is 5.16. The molecule has 0 radical (unpaired) electrons. The Hall–Kier alpha value is -0.410. The molecule has 0 aromatic rings. The number of carbonyl (C=O) groups excluding carboxylic acids is 1. The second kappa shape index (κ2) is 9.58. The Morgan fingerprint density at radius 3 is 2.48 bits per heavy atom. The highest BCUT2D eigenvalue weighted by molar-refractivity contribution is 7.87. The van der Waals surface area contributed by atoms with Gasteiger partial charge in [0.15, 0.2) is 0 Å². The van der Waals surface area contributed by atoms with Crippen molar-refractivity contribution < 1.29 is 17.9 Å². The van der Waals surface area contributed by atoms with Crippen molar-refractivity contribution in [3.8, 4) is 0 Å². The van der Waals surface area contributed by atoms with Crippen molar-refractivity contribution in [1.29, 1.82) is 0 Å². The summed E-state index contributed by atoms with van der Waals surface area (Å²) in [6.45, 7) is 0.374. The number of nitrogens with zero attached hydrogens (tertiary/aromatic N) is 1. The van der Waals surface area contributed by atoms with Crippen LogP contribution in [0.25, 0.3) is 0 Å². The number of hydrogen-bond acceptors (Lipinski definition) is 5. The fourth-order valence-corrected chi connectivity index (χ4v) is 3.63. The van der Waals surface area contributed by atoms with Crippen LogP contribution < -0.4 is 10.5 Å². The Kier molecular flexibility index (Phi) is 9.39. The lowest BCUT2D eigenvalue weighted by Crippen LogP contribution is -2.49. The summed E-state index contributed by atoms with van der Waals surface area (Å²) in [6.07, 6.45) is 4.30. The molecule has 0 amide bonds. The third kappa shape index (κ3) is 6.48. The molecule has 21 heavy (non-hydrogen) atoms. The number of esters is 1. The summed E-state index contributed by atoms with van der Waals surface area (Å²) in [6, 6.07) is -0.233. The highest BCUT2D eigenvalue weighted by Gasteiger charge is 2.29. The van der Waals surface area contributed by atoms with Crippen LogP contribution in [0.3, 0.4) is 0 Å². The van der Waals surface area contributed by atoms with Crippen LogP contribution in [0.15, 0.2) is 0 Å².